The Morgan fingerprint density at radius 1 is 1.13 bits per heavy atom. The zero-order chi connectivity index (χ0) is 21.5. The van der Waals surface area contributed by atoms with Gasteiger partial charge in [-0.25, -0.2) is 0 Å². The second-order valence-electron chi connectivity index (χ2n) is 8.68. The first kappa shape index (κ1) is 21.4. The lowest BCUT2D eigenvalue weighted by Gasteiger charge is -2.36. The molecule has 4 rings (SSSR count). The van der Waals surface area contributed by atoms with Crippen molar-refractivity contribution in [2.24, 2.45) is 11.8 Å². The first-order valence-electron chi connectivity index (χ1n) is 10.8. The first-order chi connectivity index (χ1) is 14.4. The van der Waals surface area contributed by atoms with Gasteiger partial charge in [0.05, 0.1) is 23.2 Å². The van der Waals surface area contributed by atoms with Gasteiger partial charge in [0, 0.05) is 24.4 Å². The van der Waals surface area contributed by atoms with E-state index in [1.54, 1.807) is 0 Å². The van der Waals surface area contributed by atoms with Crippen molar-refractivity contribution in [1.82, 2.24) is 9.80 Å². The quantitative estimate of drug-likeness (QED) is 0.386. The first-order valence-corrected chi connectivity index (χ1v) is 11.6. The highest BCUT2D eigenvalue weighted by molar-refractivity contribution is 8.02. The van der Waals surface area contributed by atoms with Gasteiger partial charge in [-0.05, 0) is 19.4 Å². The van der Waals surface area contributed by atoms with E-state index in [9.17, 15) is 19.5 Å². The molecule has 164 valence electrons. The monoisotopic (exact) mass is 434 g/mol. The summed E-state index contributed by atoms with van der Waals surface area (Å²) in [4.78, 5) is 43.5. The number of cyclic esters (lactones) is 1. The van der Waals surface area contributed by atoms with Crippen molar-refractivity contribution in [3.63, 3.8) is 0 Å². The second kappa shape index (κ2) is 8.04. The third-order valence-corrected chi connectivity index (χ3v) is 8.57. The third kappa shape index (κ3) is 3.11. The summed E-state index contributed by atoms with van der Waals surface area (Å²) >= 11 is 1.53. The maximum atomic E-state index is 13.7. The summed E-state index contributed by atoms with van der Waals surface area (Å²) in [7, 11) is 0. The Kier molecular flexibility index (Phi) is 5.74. The topological polar surface area (TPSA) is 87.2 Å². The van der Waals surface area contributed by atoms with Crippen molar-refractivity contribution in [3.05, 3.63) is 24.3 Å². The number of aliphatic hydroxyl groups excluding tert-OH is 1. The Bertz CT molecular complexity index is 798. The fraction of sp³-hybridized carbons (Fsp3) is 0.682. The number of carbonyl (C=O) groups is 3. The van der Waals surface area contributed by atoms with Crippen LogP contribution in [0.15, 0.2) is 24.3 Å². The van der Waals surface area contributed by atoms with Gasteiger partial charge in [0.2, 0.25) is 11.8 Å². The number of carbonyl (C=O) groups excluding carboxylic acids is 3. The molecule has 2 fully saturated rings. The molecular formula is C22H30N2O5S. The number of rotatable bonds is 6. The zero-order valence-corrected chi connectivity index (χ0v) is 18.4. The molecule has 4 aliphatic heterocycles. The fourth-order valence-electron chi connectivity index (χ4n) is 5.50. The van der Waals surface area contributed by atoms with E-state index in [1.165, 1.54) is 16.7 Å². The molecule has 4 aliphatic rings. The van der Waals surface area contributed by atoms with E-state index in [-0.39, 0.29) is 37.5 Å². The van der Waals surface area contributed by atoms with Crippen LogP contribution in [0, 0.1) is 11.8 Å². The molecule has 0 aromatic rings. The number of fused-ring (bicyclic) bond motifs is 2. The maximum absolute atomic E-state index is 13.7. The van der Waals surface area contributed by atoms with Crippen molar-refractivity contribution in [1.29, 1.82) is 0 Å². The van der Waals surface area contributed by atoms with E-state index in [1.807, 2.05) is 36.1 Å². The number of thioether (sulfide) groups is 1. The van der Waals surface area contributed by atoms with E-state index >= 15 is 0 Å². The van der Waals surface area contributed by atoms with E-state index in [2.05, 4.69) is 6.92 Å². The lowest BCUT2D eigenvalue weighted by Crippen LogP contribution is -2.54. The minimum absolute atomic E-state index is 0.0824. The lowest BCUT2D eigenvalue weighted by atomic mass is 9.75. The average Bonchev–Trinajstić information content (AvgIpc) is 2.96. The summed E-state index contributed by atoms with van der Waals surface area (Å²) in [6, 6.07) is -0.725. The number of ether oxygens (including phenoxy) is 1. The maximum Gasteiger partial charge on any atom is 0.311 e. The Labute approximate surface area is 181 Å². The Hall–Kier alpha value is -1.80. The standard InChI is InChI=1S/C22H30N2O5S/c1-3-4-5-10-23-11-6-9-22-15(18(26)24(12-13-25)17(22)19(23)27)16-20(28)29-14-7-8-21(16,2)30-22/h6-9,15-17,25H,3-5,10-14H2,1-2H3/t15-,16-,17?,21+,22-/m0/s1. The van der Waals surface area contributed by atoms with Gasteiger partial charge in [-0.2, -0.15) is 0 Å². The highest BCUT2D eigenvalue weighted by Crippen LogP contribution is 2.65. The van der Waals surface area contributed by atoms with Gasteiger partial charge in [-0.15, -0.1) is 11.8 Å². The zero-order valence-electron chi connectivity index (χ0n) is 17.6. The summed E-state index contributed by atoms with van der Waals surface area (Å²) < 4.78 is 3.91. The Morgan fingerprint density at radius 3 is 2.67 bits per heavy atom. The summed E-state index contributed by atoms with van der Waals surface area (Å²) in [6.45, 7) is 5.27. The molecule has 2 saturated heterocycles. The van der Waals surface area contributed by atoms with Crippen molar-refractivity contribution < 1.29 is 24.2 Å². The molecule has 0 aromatic heterocycles. The molecule has 0 radical (unpaired) electrons. The van der Waals surface area contributed by atoms with E-state index in [4.69, 9.17) is 4.74 Å². The van der Waals surface area contributed by atoms with E-state index < -0.39 is 27.4 Å². The largest absolute Gasteiger partial charge is 0.461 e. The number of hydrogen-bond acceptors (Lipinski definition) is 6. The average molecular weight is 435 g/mol. The molecule has 0 aromatic carbocycles. The summed E-state index contributed by atoms with van der Waals surface area (Å²) in [5.74, 6) is -2.07. The predicted molar refractivity (Wildman–Crippen MR) is 114 cm³/mol. The number of hydrogen-bond donors (Lipinski definition) is 1. The molecule has 0 aliphatic carbocycles. The summed E-state index contributed by atoms with van der Waals surface area (Å²) in [5, 5.41) is 9.63. The van der Waals surface area contributed by atoms with E-state index in [0.29, 0.717) is 13.1 Å². The molecule has 0 bridgehead atoms. The lowest BCUT2D eigenvalue weighted by molar-refractivity contribution is -0.152. The number of unbranched alkanes of at least 4 members (excludes halogenated alkanes) is 2. The molecule has 30 heavy (non-hydrogen) atoms. The number of esters is 1. The van der Waals surface area contributed by atoms with Gasteiger partial charge < -0.3 is 19.6 Å². The van der Waals surface area contributed by atoms with Crippen molar-refractivity contribution in [3.8, 4) is 0 Å². The van der Waals surface area contributed by atoms with Gasteiger partial charge in [0.25, 0.3) is 0 Å². The normalized spacial score (nSPS) is 37.6. The molecule has 1 N–H and O–H groups in total. The van der Waals surface area contributed by atoms with Gasteiger partial charge in [-0.1, -0.05) is 38.0 Å². The number of amides is 2. The molecule has 1 spiro atoms. The van der Waals surface area contributed by atoms with E-state index in [0.717, 1.165) is 19.3 Å². The molecule has 1 unspecified atom stereocenters. The number of β-amino-alcohol motifs (C(OH)–C–C–N with tert-alkyl or cyclic N) is 1. The molecule has 5 atom stereocenters. The van der Waals surface area contributed by atoms with Crippen LogP contribution in [0.1, 0.15) is 33.1 Å². The fourth-order valence-corrected chi connectivity index (χ4v) is 7.66. The van der Waals surface area contributed by atoms with Gasteiger partial charge >= 0.3 is 5.97 Å². The number of likely N-dealkylation sites (tertiary alicyclic amines) is 1. The highest BCUT2D eigenvalue weighted by atomic mass is 32.2. The smallest absolute Gasteiger partial charge is 0.311 e. The number of aliphatic hydroxyl groups is 1. The Balaban J connectivity index is 1.78. The van der Waals surface area contributed by atoms with Gasteiger partial charge in [0.1, 0.15) is 12.6 Å². The van der Waals surface area contributed by atoms with Crippen molar-refractivity contribution in [2.75, 3.05) is 32.8 Å². The third-order valence-electron chi connectivity index (χ3n) is 6.77. The highest BCUT2D eigenvalue weighted by Gasteiger charge is 2.73. The van der Waals surface area contributed by atoms with Crippen LogP contribution < -0.4 is 0 Å². The minimum atomic E-state index is -0.844. The summed E-state index contributed by atoms with van der Waals surface area (Å²) in [5.41, 5.74) is 0. The van der Waals surface area contributed by atoms with Crippen LogP contribution in [0.3, 0.4) is 0 Å². The summed E-state index contributed by atoms with van der Waals surface area (Å²) in [6.07, 6.45) is 10.8. The molecule has 0 saturated carbocycles. The second-order valence-corrected chi connectivity index (χ2v) is 10.5. The molecule has 4 heterocycles. The minimum Gasteiger partial charge on any atom is -0.461 e. The molecule has 2 amide bonds. The van der Waals surface area contributed by atoms with Crippen LogP contribution in [0.2, 0.25) is 0 Å². The van der Waals surface area contributed by atoms with Crippen LogP contribution in [-0.4, -0.2) is 81.1 Å². The molecular weight excluding hydrogens is 404 g/mol. The predicted octanol–water partition coefficient (Wildman–Crippen LogP) is 1.37. The number of nitrogens with zero attached hydrogens (tertiary/aromatic N) is 2. The SMILES string of the molecule is CCCCCN1CC=C[C@]23S[C@]4(C)C=CCOC(=O)[C@@H]4[C@H]2C(=O)N(CCO)C3C1=O. The van der Waals surface area contributed by atoms with Crippen LogP contribution in [0.5, 0.6) is 0 Å². The van der Waals surface area contributed by atoms with Crippen LogP contribution in [0.25, 0.3) is 0 Å². The van der Waals surface area contributed by atoms with Crippen LogP contribution >= 0.6 is 11.8 Å². The van der Waals surface area contributed by atoms with Gasteiger partial charge in [-0.3, -0.25) is 14.4 Å². The van der Waals surface area contributed by atoms with Crippen LogP contribution in [0.4, 0.5) is 0 Å². The van der Waals surface area contributed by atoms with Gasteiger partial charge in [0.15, 0.2) is 0 Å². The Morgan fingerprint density at radius 2 is 1.93 bits per heavy atom. The van der Waals surface area contributed by atoms with Crippen LogP contribution in [-0.2, 0) is 19.1 Å². The molecule has 7 nitrogen and oxygen atoms in total. The van der Waals surface area contributed by atoms with Crippen molar-refractivity contribution >= 4 is 29.5 Å². The molecule has 8 heteroatoms. The van der Waals surface area contributed by atoms with Crippen molar-refractivity contribution in [2.45, 2.75) is 48.6 Å².